The Morgan fingerprint density at radius 3 is 2.80 bits per heavy atom. The van der Waals surface area contributed by atoms with Gasteiger partial charge >= 0.3 is 0 Å². The highest BCUT2D eigenvalue weighted by atomic mass is 16.5. The fourth-order valence-corrected chi connectivity index (χ4v) is 0.482. The smallest absolute Gasteiger partial charge is 0.0965 e. The zero-order chi connectivity index (χ0) is 7.82. The van der Waals surface area contributed by atoms with Crippen LogP contribution in [0.5, 0.6) is 0 Å². The van der Waals surface area contributed by atoms with E-state index in [1.807, 2.05) is 13.8 Å². The molecule has 0 aromatic rings. The predicted molar refractivity (Wildman–Crippen MR) is 39.2 cm³/mol. The van der Waals surface area contributed by atoms with Crippen molar-refractivity contribution in [3.8, 4) is 0 Å². The Morgan fingerprint density at radius 2 is 2.30 bits per heavy atom. The molecule has 0 aliphatic carbocycles. The van der Waals surface area contributed by atoms with Crippen molar-refractivity contribution in [2.75, 3.05) is 26.5 Å². The Balaban J connectivity index is 2.89. The van der Waals surface area contributed by atoms with Crippen LogP contribution in [0.4, 0.5) is 0 Å². The summed E-state index contributed by atoms with van der Waals surface area (Å²) in [6, 6.07) is 0. The van der Waals surface area contributed by atoms with Gasteiger partial charge in [0.1, 0.15) is 0 Å². The summed E-state index contributed by atoms with van der Waals surface area (Å²) in [6.07, 6.45) is 0. The van der Waals surface area contributed by atoms with E-state index in [4.69, 9.17) is 4.74 Å². The fourth-order valence-electron chi connectivity index (χ4n) is 0.482. The Bertz CT molecular complexity index is 68.6. The minimum atomic E-state index is -0.0495. The molecule has 0 aromatic heterocycles. The van der Waals surface area contributed by atoms with Crippen LogP contribution in [-0.4, -0.2) is 26.5 Å². The summed E-state index contributed by atoms with van der Waals surface area (Å²) < 4.78 is 5.12. The minimum Gasteiger partial charge on any atom is -0.366 e. The molecule has 0 rings (SSSR count). The Kier molecular flexibility index (Phi) is 6.91. The van der Waals surface area contributed by atoms with Gasteiger partial charge in [0.2, 0.25) is 0 Å². The molecule has 0 aliphatic heterocycles. The Labute approximate surface area is 62.4 Å². The molecule has 1 atom stereocenters. The second-order valence-corrected chi connectivity index (χ2v) is 2.39. The average molecular weight is 146 g/mol. The van der Waals surface area contributed by atoms with Gasteiger partial charge in [0.25, 0.3) is 0 Å². The molecule has 1 N–H and O–H groups in total. The second-order valence-electron chi connectivity index (χ2n) is 2.39. The lowest BCUT2D eigenvalue weighted by molar-refractivity contribution is 0.0514. The van der Waals surface area contributed by atoms with Gasteiger partial charge in [0, 0.05) is 5.92 Å². The van der Waals surface area contributed by atoms with E-state index >= 15 is 0 Å². The van der Waals surface area contributed by atoms with Crippen molar-refractivity contribution in [2.45, 2.75) is 13.8 Å². The molecule has 3 heteroatoms. The molecule has 0 amide bonds. The molecule has 0 spiro atoms. The predicted octanol–water partition coefficient (Wildman–Crippen LogP) is 0.637. The van der Waals surface area contributed by atoms with Gasteiger partial charge in [-0.25, -0.2) is 5.11 Å². The van der Waals surface area contributed by atoms with Crippen LogP contribution in [0.15, 0.2) is 0 Å². The quantitative estimate of drug-likeness (QED) is 0.441. The highest BCUT2D eigenvalue weighted by molar-refractivity contribution is 4.45. The van der Waals surface area contributed by atoms with E-state index in [1.165, 1.54) is 0 Å². The van der Waals surface area contributed by atoms with Gasteiger partial charge in [-0.05, 0) is 6.54 Å². The van der Waals surface area contributed by atoms with Crippen LogP contribution in [0.1, 0.15) is 13.8 Å². The summed E-state index contributed by atoms with van der Waals surface area (Å²) in [4.78, 5) is 0. The van der Waals surface area contributed by atoms with Gasteiger partial charge in [-0.3, -0.25) is 5.32 Å². The van der Waals surface area contributed by atoms with Crippen LogP contribution in [0.3, 0.4) is 0 Å². The molecule has 0 aromatic carbocycles. The van der Waals surface area contributed by atoms with Gasteiger partial charge in [-0.1, -0.05) is 13.8 Å². The van der Waals surface area contributed by atoms with Crippen LogP contribution in [0.2, 0.25) is 0 Å². The van der Waals surface area contributed by atoms with Gasteiger partial charge in [0.15, 0.2) is 0 Å². The maximum absolute atomic E-state index is 10.2. The number of hydrogen-bond donors (Lipinski definition) is 1. The van der Waals surface area contributed by atoms with Gasteiger partial charge in [-0.2, -0.15) is 0 Å². The van der Waals surface area contributed by atoms with Crippen LogP contribution < -0.4 is 5.32 Å². The first-order valence-corrected chi connectivity index (χ1v) is 3.67. The maximum Gasteiger partial charge on any atom is 0.0965 e. The zero-order valence-electron chi connectivity index (χ0n) is 6.72. The summed E-state index contributed by atoms with van der Waals surface area (Å²) in [6.45, 7) is 5.88. The van der Waals surface area contributed by atoms with E-state index < -0.39 is 0 Å². The fraction of sp³-hybridized carbons (Fsp3) is 1.00. The van der Waals surface area contributed by atoms with Crippen molar-refractivity contribution in [1.29, 1.82) is 0 Å². The highest BCUT2D eigenvalue weighted by Crippen LogP contribution is 1.91. The average Bonchev–Trinajstić information content (AvgIpc) is 1.98. The first kappa shape index (κ1) is 9.88. The summed E-state index contributed by atoms with van der Waals surface area (Å²) in [7, 11) is 0. The summed E-state index contributed by atoms with van der Waals surface area (Å²) in [5, 5.41) is 13.2. The van der Waals surface area contributed by atoms with Crippen molar-refractivity contribution in [2.24, 2.45) is 5.92 Å². The van der Waals surface area contributed by atoms with Crippen LogP contribution in [-0.2, 0) is 9.84 Å². The molecular weight excluding hydrogens is 130 g/mol. The summed E-state index contributed by atoms with van der Waals surface area (Å²) in [5.74, 6) is 0.138. The van der Waals surface area contributed by atoms with Gasteiger partial charge < -0.3 is 4.74 Å². The zero-order valence-corrected chi connectivity index (χ0v) is 6.72. The Morgan fingerprint density at radius 1 is 1.60 bits per heavy atom. The third-order valence-corrected chi connectivity index (χ3v) is 1.14. The summed E-state index contributed by atoms with van der Waals surface area (Å²) >= 11 is 0. The van der Waals surface area contributed by atoms with E-state index in [0.717, 1.165) is 6.54 Å². The van der Waals surface area contributed by atoms with Gasteiger partial charge in [-0.15, -0.1) is 0 Å². The van der Waals surface area contributed by atoms with E-state index in [-0.39, 0.29) is 12.5 Å². The molecule has 1 radical (unpaired) electrons. The normalized spacial score (nSPS) is 13.5. The van der Waals surface area contributed by atoms with Gasteiger partial charge in [0.05, 0.1) is 19.9 Å². The monoisotopic (exact) mass is 146 g/mol. The van der Waals surface area contributed by atoms with E-state index in [9.17, 15) is 5.11 Å². The largest absolute Gasteiger partial charge is 0.366 e. The highest BCUT2D eigenvalue weighted by Gasteiger charge is 1.98. The number of rotatable bonds is 6. The number of hydrogen-bond acceptors (Lipinski definition) is 2. The lowest BCUT2D eigenvalue weighted by Gasteiger charge is -2.07. The molecule has 61 valence electrons. The number of nitrogens with one attached hydrogen (secondary N) is 1. The van der Waals surface area contributed by atoms with Crippen LogP contribution >= 0.6 is 0 Å². The molecule has 0 bridgehead atoms. The standard InChI is InChI=1S/C7H16NO2/c1-3-8-6-10-5-7(2)4-9/h7-8H,3-6H2,1-2H3. The van der Waals surface area contributed by atoms with E-state index in [2.05, 4.69) is 5.32 Å². The molecule has 1 unspecified atom stereocenters. The lowest BCUT2D eigenvalue weighted by atomic mass is 10.2. The van der Waals surface area contributed by atoms with Crippen molar-refractivity contribution in [3.05, 3.63) is 0 Å². The molecule has 3 nitrogen and oxygen atoms in total. The molecule has 0 heterocycles. The Hall–Kier alpha value is -0.120. The first-order chi connectivity index (χ1) is 4.81. The second kappa shape index (κ2) is 6.99. The molecule has 10 heavy (non-hydrogen) atoms. The van der Waals surface area contributed by atoms with Crippen molar-refractivity contribution >= 4 is 0 Å². The summed E-state index contributed by atoms with van der Waals surface area (Å²) in [5.41, 5.74) is 0. The van der Waals surface area contributed by atoms with Crippen LogP contribution in [0.25, 0.3) is 0 Å². The first-order valence-electron chi connectivity index (χ1n) is 3.67. The van der Waals surface area contributed by atoms with Crippen LogP contribution in [0, 0.1) is 5.92 Å². The molecule has 0 aliphatic rings. The van der Waals surface area contributed by atoms with Crippen molar-refractivity contribution < 1.29 is 9.84 Å². The SMILES string of the molecule is CCNCOCC(C)C[O]. The van der Waals surface area contributed by atoms with E-state index in [1.54, 1.807) is 0 Å². The number of ether oxygens (including phenoxy) is 1. The molecular formula is C7H16NO2. The third kappa shape index (κ3) is 6.01. The van der Waals surface area contributed by atoms with Crippen molar-refractivity contribution in [1.82, 2.24) is 5.32 Å². The lowest BCUT2D eigenvalue weighted by Crippen LogP contribution is -2.20. The molecule has 0 fully saturated rings. The van der Waals surface area contributed by atoms with E-state index in [0.29, 0.717) is 13.3 Å². The molecule has 0 saturated carbocycles. The third-order valence-electron chi connectivity index (χ3n) is 1.14. The van der Waals surface area contributed by atoms with Crippen molar-refractivity contribution in [3.63, 3.8) is 0 Å². The minimum absolute atomic E-state index is 0.0495. The topological polar surface area (TPSA) is 41.2 Å². The molecule has 0 saturated heterocycles. The maximum atomic E-state index is 10.2.